The highest BCUT2D eigenvalue weighted by Gasteiger charge is 2.06. The van der Waals surface area contributed by atoms with Gasteiger partial charge >= 0.3 is 5.97 Å². The molecular weight excluding hydrogens is 246 g/mol. The Kier molecular flexibility index (Phi) is 4.46. The predicted octanol–water partition coefficient (Wildman–Crippen LogP) is 3.02. The first-order chi connectivity index (χ1) is 7.31. The van der Waals surface area contributed by atoms with Gasteiger partial charge in [0.1, 0.15) is 0 Å². The maximum atomic E-state index is 11.3. The van der Waals surface area contributed by atoms with Gasteiger partial charge in [0.15, 0.2) is 0 Å². The first-order valence-electron chi connectivity index (χ1n) is 4.38. The van der Waals surface area contributed by atoms with Crippen molar-refractivity contribution in [3.8, 4) is 10.4 Å². The second-order valence-corrected chi connectivity index (χ2v) is 3.82. The first kappa shape index (κ1) is 12.7. The van der Waals surface area contributed by atoms with Crippen molar-refractivity contribution in [2.45, 2.75) is 0 Å². The highest BCUT2D eigenvalue weighted by atomic mass is 35.5. The summed E-state index contributed by atoms with van der Waals surface area (Å²) in [7, 11) is 1.38. The van der Waals surface area contributed by atoms with E-state index in [0.717, 1.165) is 10.4 Å². The Morgan fingerprint density at radius 3 is 2.88 bits per heavy atom. The summed E-state index contributed by atoms with van der Waals surface area (Å²) in [5.41, 5.74) is 3.31. The van der Waals surface area contributed by atoms with Crippen molar-refractivity contribution in [2.75, 3.05) is 7.11 Å². The second kappa shape index (κ2) is 5.63. The number of rotatable bonds is 2. The summed E-state index contributed by atoms with van der Waals surface area (Å²) in [6, 6.07) is 7.32. The van der Waals surface area contributed by atoms with Gasteiger partial charge in [0, 0.05) is 6.20 Å². The third-order valence-electron chi connectivity index (χ3n) is 2.00. The largest absolute Gasteiger partial charge is 0.465 e. The molecule has 16 heavy (non-hydrogen) atoms. The van der Waals surface area contributed by atoms with Gasteiger partial charge in [-0.05, 0) is 17.7 Å². The van der Waals surface area contributed by atoms with Gasteiger partial charge in [0.05, 0.1) is 23.1 Å². The van der Waals surface area contributed by atoms with Crippen molar-refractivity contribution >= 4 is 29.7 Å². The SMILES string of the molecule is COC(=O)c1cccc(-c2cncs2)c1.Cl. The van der Waals surface area contributed by atoms with Crippen LogP contribution in [0.3, 0.4) is 0 Å². The number of methoxy groups -OCH3 is 1. The maximum Gasteiger partial charge on any atom is 0.337 e. The molecule has 0 radical (unpaired) electrons. The van der Waals surface area contributed by atoms with Crippen LogP contribution in [0.15, 0.2) is 36.0 Å². The summed E-state index contributed by atoms with van der Waals surface area (Å²) < 4.78 is 4.66. The van der Waals surface area contributed by atoms with Gasteiger partial charge in [-0.3, -0.25) is 4.98 Å². The lowest BCUT2D eigenvalue weighted by atomic mass is 10.1. The number of ether oxygens (including phenoxy) is 1. The fraction of sp³-hybridized carbons (Fsp3) is 0.0909. The number of hydrogen-bond acceptors (Lipinski definition) is 4. The molecule has 3 nitrogen and oxygen atoms in total. The minimum Gasteiger partial charge on any atom is -0.465 e. The van der Waals surface area contributed by atoms with Crippen LogP contribution in [0.1, 0.15) is 10.4 Å². The average Bonchev–Trinajstić information content (AvgIpc) is 2.82. The van der Waals surface area contributed by atoms with E-state index in [1.807, 2.05) is 12.1 Å². The quantitative estimate of drug-likeness (QED) is 0.775. The van der Waals surface area contributed by atoms with E-state index in [0.29, 0.717) is 5.56 Å². The Balaban J connectivity index is 0.00000128. The number of esters is 1. The Bertz CT molecular complexity index is 471. The number of carbonyl (C=O) groups is 1. The molecule has 0 aliphatic carbocycles. The molecule has 5 heteroatoms. The van der Waals surface area contributed by atoms with E-state index in [9.17, 15) is 4.79 Å². The highest BCUT2D eigenvalue weighted by molar-refractivity contribution is 7.13. The van der Waals surface area contributed by atoms with Crippen molar-refractivity contribution in [3.63, 3.8) is 0 Å². The number of hydrogen-bond donors (Lipinski definition) is 0. The Morgan fingerprint density at radius 2 is 2.25 bits per heavy atom. The average molecular weight is 256 g/mol. The number of carbonyl (C=O) groups excluding carboxylic acids is 1. The molecule has 2 aromatic rings. The Morgan fingerprint density at radius 1 is 1.44 bits per heavy atom. The smallest absolute Gasteiger partial charge is 0.337 e. The molecule has 0 aliphatic heterocycles. The molecule has 0 aliphatic rings. The van der Waals surface area contributed by atoms with Crippen LogP contribution in [0.2, 0.25) is 0 Å². The number of nitrogens with zero attached hydrogens (tertiary/aromatic N) is 1. The summed E-state index contributed by atoms with van der Waals surface area (Å²) in [4.78, 5) is 16.3. The number of aromatic nitrogens is 1. The van der Waals surface area contributed by atoms with E-state index in [1.54, 1.807) is 35.2 Å². The predicted molar refractivity (Wildman–Crippen MR) is 66.1 cm³/mol. The highest BCUT2D eigenvalue weighted by Crippen LogP contribution is 2.23. The van der Waals surface area contributed by atoms with Crippen LogP contribution in [0.25, 0.3) is 10.4 Å². The lowest BCUT2D eigenvalue weighted by Gasteiger charge is -2.01. The van der Waals surface area contributed by atoms with E-state index in [-0.39, 0.29) is 18.4 Å². The zero-order valence-electron chi connectivity index (χ0n) is 8.54. The first-order valence-corrected chi connectivity index (χ1v) is 5.26. The van der Waals surface area contributed by atoms with Gasteiger partial charge < -0.3 is 4.74 Å². The number of thiazole rings is 1. The third-order valence-corrected chi connectivity index (χ3v) is 2.82. The van der Waals surface area contributed by atoms with Gasteiger partial charge in [0.25, 0.3) is 0 Å². The fourth-order valence-electron chi connectivity index (χ4n) is 1.28. The van der Waals surface area contributed by atoms with Gasteiger partial charge in [-0.25, -0.2) is 4.79 Å². The fourth-order valence-corrected chi connectivity index (χ4v) is 1.90. The molecular formula is C11H10ClNO2S. The topological polar surface area (TPSA) is 39.2 Å². The van der Waals surface area contributed by atoms with E-state index in [4.69, 9.17) is 0 Å². The van der Waals surface area contributed by atoms with Crippen LogP contribution in [0.5, 0.6) is 0 Å². The number of halogens is 1. The summed E-state index contributed by atoms with van der Waals surface area (Å²) >= 11 is 1.54. The van der Waals surface area contributed by atoms with Crippen molar-refractivity contribution in [1.29, 1.82) is 0 Å². The standard InChI is InChI=1S/C11H9NO2S.ClH/c1-14-11(13)9-4-2-3-8(5-9)10-6-12-7-15-10;/h2-7H,1H3;1H. The molecule has 1 aromatic carbocycles. The minimum atomic E-state index is -0.318. The molecule has 0 bridgehead atoms. The Hall–Kier alpha value is -1.39. The van der Waals surface area contributed by atoms with Gasteiger partial charge in [-0.1, -0.05) is 12.1 Å². The lowest BCUT2D eigenvalue weighted by molar-refractivity contribution is 0.0601. The molecule has 0 N–H and O–H groups in total. The van der Waals surface area contributed by atoms with Gasteiger partial charge in [0.2, 0.25) is 0 Å². The van der Waals surface area contributed by atoms with Crippen LogP contribution in [0, 0.1) is 0 Å². The zero-order chi connectivity index (χ0) is 10.7. The molecule has 0 fully saturated rings. The lowest BCUT2D eigenvalue weighted by Crippen LogP contribution is -2.00. The zero-order valence-corrected chi connectivity index (χ0v) is 10.2. The molecule has 0 amide bonds. The van der Waals surface area contributed by atoms with E-state index in [1.165, 1.54) is 7.11 Å². The Labute approximate surface area is 104 Å². The molecule has 0 unspecified atom stereocenters. The van der Waals surface area contributed by atoms with Crippen LogP contribution < -0.4 is 0 Å². The van der Waals surface area contributed by atoms with E-state index >= 15 is 0 Å². The van der Waals surface area contributed by atoms with Crippen molar-refractivity contribution in [3.05, 3.63) is 41.5 Å². The molecule has 0 saturated heterocycles. The molecule has 1 heterocycles. The van der Waals surface area contributed by atoms with Crippen LogP contribution in [0.4, 0.5) is 0 Å². The normalized spacial score (nSPS) is 9.31. The monoisotopic (exact) mass is 255 g/mol. The molecule has 0 saturated carbocycles. The molecule has 84 valence electrons. The summed E-state index contributed by atoms with van der Waals surface area (Å²) in [5.74, 6) is -0.318. The molecule has 2 rings (SSSR count). The van der Waals surface area contributed by atoms with Crippen LogP contribution in [-0.4, -0.2) is 18.1 Å². The van der Waals surface area contributed by atoms with Crippen molar-refractivity contribution in [1.82, 2.24) is 4.98 Å². The second-order valence-electron chi connectivity index (χ2n) is 2.94. The van der Waals surface area contributed by atoms with Crippen LogP contribution in [-0.2, 0) is 4.74 Å². The van der Waals surface area contributed by atoms with E-state index < -0.39 is 0 Å². The molecule has 0 spiro atoms. The summed E-state index contributed by atoms with van der Waals surface area (Å²) in [6.07, 6.45) is 1.78. The minimum absolute atomic E-state index is 0. The summed E-state index contributed by atoms with van der Waals surface area (Å²) in [6.45, 7) is 0. The number of benzene rings is 1. The molecule has 0 atom stereocenters. The van der Waals surface area contributed by atoms with Gasteiger partial charge in [-0.2, -0.15) is 0 Å². The molecule has 1 aromatic heterocycles. The van der Waals surface area contributed by atoms with Crippen molar-refractivity contribution < 1.29 is 9.53 Å². The van der Waals surface area contributed by atoms with Crippen LogP contribution >= 0.6 is 23.7 Å². The maximum absolute atomic E-state index is 11.3. The van der Waals surface area contributed by atoms with Crippen molar-refractivity contribution in [2.24, 2.45) is 0 Å². The van der Waals surface area contributed by atoms with Gasteiger partial charge in [-0.15, -0.1) is 23.7 Å². The third kappa shape index (κ3) is 2.59. The van der Waals surface area contributed by atoms with E-state index in [2.05, 4.69) is 9.72 Å². The summed E-state index contributed by atoms with van der Waals surface area (Å²) in [5, 5.41) is 0.